The monoisotopic (exact) mass is 461 g/mol. The fourth-order valence-electron chi connectivity index (χ4n) is 3.68. The van der Waals surface area contributed by atoms with Gasteiger partial charge in [0.1, 0.15) is 5.37 Å². The minimum Gasteiger partial charge on any atom is -0.322 e. The van der Waals surface area contributed by atoms with Gasteiger partial charge in [0.05, 0.1) is 10.7 Å². The molecule has 4 rings (SSSR count). The topological polar surface area (TPSA) is 92.6 Å². The Morgan fingerprint density at radius 2 is 1.79 bits per heavy atom. The van der Waals surface area contributed by atoms with Crippen LogP contribution in [0.5, 0.6) is 0 Å². The number of hydrogen-bond donors (Lipinski definition) is 1. The molecule has 1 N–H and O–H groups in total. The largest absolute Gasteiger partial charge is 0.322 e. The molecule has 0 saturated carbocycles. The highest BCUT2D eigenvalue weighted by Crippen LogP contribution is 2.42. The van der Waals surface area contributed by atoms with Crippen molar-refractivity contribution in [1.29, 1.82) is 0 Å². The van der Waals surface area contributed by atoms with Gasteiger partial charge < -0.3 is 5.32 Å². The van der Waals surface area contributed by atoms with Crippen molar-refractivity contribution in [2.75, 3.05) is 16.0 Å². The number of hydrogen-bond acceptors (Lipinski definition) is 5. The van der Waals surface area contributed by atoms with Gasteiger partial charge >= 0.3 is 0 Å². The zero-order chi connectivity index (χ0) is 23.5. The minimum absolute atomic E-state index is 0.0441. The van der Waals surface area contributed by atoms with E-state index >= 15 is 0 Å². The first-order valence-electron chi connectivity index (χ1n) is 10.5. The van der Waals surface area contributed by atoms with Crippen LogP contribution in [0.3, 0.4) is 0 Å². The first-order valence-corrected chi connectivity index (χ1v) is 11.6. The van der Waals surface area contributed by atoms with Crippen LogP contribution in [0.25, 0.3) is 0 Å². The van der Waals surface area contributed by atoms with Gasteiger partial charge in [0.2, 0.25) is 5.91 Å². The predicted octanol–water partition coefficient (Wildman–Crippen LogP) is 5.75. The first-order chi connectivity index (χ1) is 15.8. The smallest absolute Gasteiger partial charge is 0.269 e. The van der Waals surface area contributed by atoms with Gasteiger partial charge in [0, 0.05) is 29.1 Å². The molecule has 168 valence electrons. The van der Waals surface area contributed by atoms with E-state index in [-0.39, 0.29) is 22.9 Å². The van der Waals surface area contributed by atoms with E-state index in [0.29, 0.717) is 22.9 Å². The van der Waals surface area contributed by atoms with Crippen LogP contribution in [0.15, 0.2) is 72.8 Å². The number of rotatable bonds is 6. The number of non-ortho nitro benzene ring substituents is 1. The van der Waals surface area contributed by atoms with E-state index in [2.05, 4.69) is 19.2 Å². The summed E-state index contributed by atoms with van der Waals surface area (Å²) in [5, 5.41) is 13.4. The van der Waals surface area contributed by atoms with E-state index in [9.17, 15) is 19.7 Å². The molecule has 0 unspecified atom stereocenters. The van der Waals surface area contributed by atoms with E-state index in [0.717, 1.165) is 11.3 Å². The van der Waals surface area contributed by atoms with Gasteiger partial charge in [-0.15, -0.1) is 11.8 Å². The van der Waals surface area contributed by atoms with Crippen molar-refractivity contribution < 1.29 is 14.5 Å². The first kappa shape index (κ1) is 22.5. The molecule has 0 spiro atoms. The Morgan fingerprint density at radius 3 is 2.42 bits per heavy atom. The fraction of sp³-hybridized carbons (Fsp3) is 0.200. The highest BCUT2D eigenvalue weighted by Gasteiger charge is 2.34. The summed E-state index contributed by atoms with van der Waals surface area (Å²) in [7, 11) is 0. The molecular formula is C25H23N3O4S. The van der Waals surface area contributed by atoms with Crippen LogP contribution in [0.2, 0.25) is 0 Å². The molecule has 1 saturated heterocycles. The van der Waals surface area contributed by atoms with Gasteiger partial charge in [0.15, 0.2) is 0 Å². The predicted molar refractivity (Wildman–Crippen MR) is 131 cm³/mol. The lowest BCUT2D eigenvalue weighted by Crippen LogP contribution is -2.27. The van der Waals surface area contributed by atoms with Gasteiger partial charge in [-0.25, -0.2) is 0 Å². The molecule has 0 radical (unpaired) electrons. The highest BCUT2D eigenvalue weighted by atomic mass is 32.2. The molecule has 0 bridgehead atoms. The lowest BCUT2D eigenvalue weighted by atomic mass is 10.0. The van der Waals surface area contributed by atoms with Gasteiger partial charge in [0.25, 0.3) is 11.6 Å². The van der Waals surface area contributed by atoms with Gasteiger partial charge in [-0.2, -0.15) is 0 Å². The SMILES string of the molecule is CC(C)c1ccc(N2C(=O)CS[C@H]2c2cccc(NC(=O)c3ccc([N+](=O)[O-])cc3)c2)cc1. The third-order valence-electron chi connectivity index (χ3n) is 5.48. The van der Waals surface area contributed by atoms with Crippen LogP contribution in [0, 0.1) is 10.1 Å². The Morgan fingerprint density at radius 1 is 1.09 bits per heavy atom. The van der Waals surface area contributed by atoms with Crippen molar-refractivity contribution in [3.8, 4) is 0 Å². The molecular weight excluding hydrogens is 438 g/mol. The van der Waals surface area contributed by atoms with E-state index in [4.69, 9.17) is 0 Å². The number of nitrogens with one attached hydrogen (secondary N) is 1. The molecule has 1 aliphatic heterocycles. The quantitative estimate of drug-likeness (QED) is 0.373. The number of nitro groups is 1. The summed E-state index contributed by atoms with van der Waals surface area (Å²) in [6.45, 7) is 4.26. The molecule has 2 amide bonds. The number of nitrogens with zero attached hydrogens (tertiary/aromatic N) is 2. The van der Waals surface area contributed by atoms with Gasteiger partial charge in [-0.05, 0) is 53.4 Å². The number of carbonyl (C=O) groups is 2. The summed E-state index contributed by atoms with van der Waals surface area (Å²) in [5.74, 6) is 0.478. The third kappa shape index (κ3) is 4.90. The average molecular weight is 462 g/mol. The summed E-state index contributed by atoms with van der Waals surface area (Å²) in [6.07, 6.45) is 0. The van der Waals surface area contributed by atoms with E-state index in [1.165, 1.54) is 29.8 Å². The zero-order valence-electron chi connectivity index (χ0n) is 18.2. The Hall–Kier alpha value is -3.65. The van der Waals surface area contributed by atoms with Crippen molar-refractivity contribution >= 4 is 40.6 Å². The molecule has 0 aromatic heterocycles. The van der Waals surface area contributed by atoms with Crippen LogP contribution in [-0.4, -0.2) is 22.5 Å². The minimum atomic E-state index is -0.506. The van der Waals surface area contributed by atoms with Crippen molar-refractivity contribution in [3.05, 3.63) is 99.6 Å². The van der Waals surface area contributed by atoms with Crippen molar-refractivity contribution in [2.45, 2.75) is 25.1 Å². The van der Waals surface area contributed by atoms with Crippen LogP contribution in [0.1, 0.15) is 46.6 Å². The second-order valence-corrected chi connectivity index (χ2v) is 9.13. The summed E-state index contributed by atoms with van der Waals surface area (Å²) in [5.41, 5.74) is 3.80. The second kappa shape index (κ2) is 9.46. The summed E-state index contributed by atoms with van der Waals surface area (Å²) in [4.78, 5) is 37.4. The summed E-state index contributed by atoms with van der Waals surface area (Å²) in [6, 6.07) is 20.9. The number of nitro benzene ring substituents is 1. The molecule has 3 aromatic rings. The maximum absolute atomic E-state index is 12.7. The van der Waals surface area contributed by atoms with Crippen molar-refractivity contribution in [1.82, 2.24) is 0 Å². The van der Waals surface area contributed by atoms with Crippen LogP contribution < -0.4 is 10.2 Å². The molecule has 3 aromatic carbocycles. The number of amides is 2. The second-order valence-electron chi connectivity index (χ2n) is 8.06. The number of benzene rings is 3. The lowest BCUT2D eigenvalue weighted by molar-refractivity contribution is -0.384. The van der Waals surface area contributed by atoms with E-state index < -0.39 is 4.92 Å². The summed E-state index contributed by atoms with van der Waals surface area (Å²) < 4.78 is 0. The fourth-order valence-corrected chi connectivity index (χ4v) is 4.84. The number of carbonyl (C=O) groups excluding carboxylic acids is 2. The number of anilines is 2. The normalized spacial score (nSPS) is 15.7. The molecule has 7 nitrogen and oxygen atoms in total. The Bertz CT molecular complexity index is 1190. The van der Waals surface area contributed by atoms with Crippen molar-refractivity contribution in [2.24, 2.45) is 0 Å². The molecule has 1 atom stereocenters. The maximum Gasteiger partial charge on any atom is 0.269 e. The van der Waals surface area contributed by atoms with Crippen LogP contribution >= 0.6 is 11.8 Å². The maximum atomic E-state index is 12.7. The lowest BCUT2D eigenvalue weighted by Gasteiger charge is -2.25. The standard InChI is InChI=1S/C25H23N3O4S/c1-16(2)17-6-10-21(11-7-17)27-23(29)15-33-25(27)19-4-3-5-20(14-19)26-24(30)18-8-12-22(13-9-18)28(31)32/h3-14,16,25H,15H2,1-2H3,(H,26,30)/t25-/m0/s1. The number of thioether (sulfide) groups is 1. The van der Waals surface area contributed by atoms with E-state index in [1.54, 1.807) is 22.7 Å². The molecule has 1 aliphatic rings. The van der Waals surface area contributed by atoms with Crippen LogP contribution in [-0.2, 0) is 4.79 Å². The Kier molecular flexibility index (Phi) is 6.46. The van der Waals surface area contributed by atoms with Crippen LogP contribution in [0.4, 0.5) is 17.1 Å². The van der Waals surface area contributed by atoms with E-state index in [1.807, 2.05) is 42.5 Å². The zero-order valence-corrected chi connectivity index (χ0v) is 19.0. The molecule has 0 aliphatic carbocycles. The van der Waals surface area contributed by atoms with Gasteiger partial charge in [-0.1, -0.05) is 38.1 Å². The molecule has 8 heteroatoms. The van der Waals surface area contributed by atoms with Crippen molar-refractivity contribution in [3.63, 3.8) is 0 Å². The molecule has 1 heterocycles. The average Bonchev–Trinajstić information content (AvgIpc) is 3.20. The Labute approximate surface area is 196 Å². The molecule has 33 heavy (non-hydrogen) atoms. The Balaban J connectivity index is 1.54. The van der Waals surface area contributed by atoms with Gasteiger partial charge in [-0.3, -0.25) is 24.6 Å². The third-order valence-corrected chi connectivity index (χ3v) is 6.69. The molecule has 1 fully saturated rings. The summed E-state index contributed by atoms with van der Waals surface area (Å²) >= 11 is 1.55. The highest BCUT2D eigenvalue weighted by molar-refractivity contribution is 8.00.